The molecule has 2 aromatic rings. The molecule has 0 saturated carbocycles. The minimum absolute atomic E-state index is 0.673. The van der Waals surface area contributed by atoms with Gasteiger partial charge in [-0.2, -0.15) is 0 Å². The van der Waals surface area contributed by atoms with Crippen LogP contribution in [0.1, 0.15) is 24.4 Å². The Morgan fingerprint density at radius 3 is 3.00 bits per heavy atom. The summed E-state index contributed by atoms with van der Waals surface area (Å²) in [7, 11) is 0. The molecule has 2 N–H and O–H groups in total. The number of nitrogens with zero attached hydrogens (tertiary/aromatic N) is 2. The van der Waals surface area contributed by atoms with E-state index in [0.29, 0.717) is 6.54 Å². The standard InChI is InChI=1S/C15H18BrN3/c16-12-5-3-4-11(10-12)15-13(7-8-17)19-9-2-1-6-14(19)18-15/h3-5,10H,1-2,6-9,17H2. The van der Waals surface area contributed by atoms with E-state index in [0.717, 1.165) is 29.6 Å². The van der Waals surface area contributed by atoms with Gasteiger partial charge in [0.15, 0.2) is 0 Å². The van der Waals surface area contributed by atoms with Gasteiger partial charge in [-0.3, -0.25) is 0 Å². The number of fused-ring (bicyclic) bond motifs is 1. The molecule has 0 spiro atoms. The van der Waals surface area contributed by atoms with E-state index in [1.54, 1.807) is 0 Å². The molecule has 1 aromatic heterocycles. The predicted octanol–water partition coefficient (Wildman–Crippen LogP) is 3.15. The van der Waals surface area contributed by atoms with Gasteiger partial charge < -0.3 is 10.3 Å². The van der Waals surface area contributed by atoms with Crippen molar-refractivity contribution in [2.45, 2.75) is 32.2 Å². The van der Waals surface area contributed by atoms with Crippen molar-refractivity contribution in [3.8, 4) is 11.3 Å². The van der Waals surface area contributed by atoms with Crippen molar-refractivity contribution in [1.82, 2.24) is 9.55 Å². The molecule has 1 aliphatic heterocycles. The Kier molecular flexibility index (Phi) is 3.71. The van der Waals surface area contributed by atoms with Crippen LogP contribution in [0.25, 0.3) is 11.3 Å². The van der Waals surface area contributed by atoms with Gasteiger partial charge in [-0.25, -0.2) is 4.98 Å². The summed E-state index contributed by atoms with van der Waals surface area (Å²) in [5.74, 6) is 1.23. The monoisotopic (exact) mass is 319 g/mol. The van der Waals surface area contributed by atoms with Gasteiger partial charge >= 0.3 is 0 Å². The molecule has 0 amide bonds. The van der Waals surface area contributed by atoms with E-state index in [2.05, 4.69) is 38.7 Å². The molecule has 4 heteroatoms. The summed E-state index contributed by atoms with van der Waals surface area (Å²) in [5.41, 5.74) is 9.38. The predicted molar refractivity (Wildman–Crippen MR) is 81.1 cm³/mol. The molecule has 3 rings (SSSR count). The molecule has 0 unspecified atom stereocenters. The summed E-state index contributed by atoms with van der Waals surface area (Å²) in [4.78, 5) is 4.87. The zero-order valence-electron chi connectivity index (χ0n) is 10.9. The van der Waals surface area contributed by atoms with Crippen molar-refractivity contribution in [2.75, 3.05) is 6.54 Å². The fourth-order valence-electron chi connectivity index (χ4n) is 2.80. The molecule has 2 heterocycles. The van der Waals surface area contributed by atoms with Crippen molar-refractivity contribution in [3.63, 3.8) is 0 Å². The number of halogens is 1. The number of nitrogens with two attached hydrogens (primary N) is 1. The normalized spacial score (nSPS) is 14.4. The molecule has 0 saturated heterocycles. The zero-order chi connectivity index (χ0) is 13.2. The van der Waals surface area contributed by atoms with Crippen LogP contribution in [0.4, 0.5) is 0 Å². The van der Waals surface area contributed by atoms with Crippen LogP contribution in [0, 0.1) is 0 Å². The summed E-state index contributed by atoms with van der Waals surface area (Å²) < 4.78 is 3.47. The van der Waals surface area contributed by atoms with Gasteiger partial charge in [0.2, 0.25) is 0 Å². The van der Waals surface area contributed by atoms with E-state index in [-0.39, 0.29) is 0 Å². The molecule has 0 atom stereocenters. The van der Waals surface area contributed by atoms with Crippen LogP contribution in [0.15, 0.2) is 28.7 Å². The van der Waals surface area contributed by atoms with E-state index in [1.165, 1.54) is 29.9 Å². The van der Waals surface area contributed by atoms with Gasteiger partial charge in [0.1, 0.15) is 5.82 Å². The lowest BCUT2D eigenvalue weighted by molar-refractivity contribution is 0.508. The van der Waals surface area contributed by atoms with Crippen LogP contribution in [-0.4, -0.2) is 16.1 Å². The quantitative estimate of drug-likeness (QED) is 0.944. The highest BCUT2D eigenvalue weighted by atomic mass is 79.9. The number of aromatic nitrogens is 2. The first kappa shape index (κ1) is 12.9. The third kappa shape index (κ3) is 2.47. The largest absolute Gasteiger partial charge is 0.331 e. The van der Waals surface area contributed by atoms with E-state index in [1.807, 2.05) is 6.07 Å². The van der Waals surface area contributed by atoms with Gasteiger partial charge in [-0.15, -0.1) is 0 Å². The molecule has 19 heavy (non-hydrogen) atoms. The van der Waals surface area contributed by atoms with Gasteiger partial charge in [0.05, 0.1) is 5.69 Å². The molecular weight excluding hydrogens is 302 g/mol. The van der Waals surface area contributed by atoms with Crippen molar-refractivity contribution < 1.29 is 0 Å². The summed E-state index contributed by atoms with van der Waals surface area (Å²) in [5, 5.41) is 0. The summed E-state index contributed by atoms with van der Waals surface area (Å²) in [6.07, 6.45) is 4.48. The highest BCUT2D eigenvalue weighted by Gasteiger charge is 2.20. The van der Waals surface area contributed by atoms with Crippen LogP contribution in [-0.2, 0) is 19.4 Å². The highest BCUT2D eigenvalue weighted by molar-refractivity contribution is 9.10. The molecule has 0 fully saturated rings. The Balaban J connectivity index is 2.12. The van der Waals surface area contributed by atoms with Gasteiger partial charge in [0.25, 0.3) is 0 Å². The molecule has 0 aliphatic carbocycles. The maximum Gasteiger partial charge on any atom is 0.109 e. The van der Waals surface area contributed by atoms with Crippen molar-refractivity contribution in [2.24, 2.45) is 5.73 Å². The van der Waals surface area contributed by atoms with Crippen molar-refractivity contribution in [3.05, 3.63) is 40.3 Å². The van der Waals surface area contributed by atoms with E-state index >= 15 is 0 Å². The third-order valence-corrected chi connectivity index (χ3v) is 4.16. The SMILES string of the molecule is NCCc1c(-c2cccc(Br)c2)nc2n1CCCC2. The second-order valence-corrected chi connectivity index (χ2v) is 5.90. The van der Waals surface area contributed by atoms with Gasteiger partial charge in [-0.05, 0) is 31.5 Å². The minimum atomic E-state index is 0.673. The Hall–Kier alpha value is -1.13. The molecule has 100 valence electrons. The first-order chi connectivity index (χ1) is 9.29. The Bertz CT molecular complexity index is 589. The Labute approximate surface area is 122 Å². The lowest BCUT2D eigenvalue weighted by atomic mass is 10.1. The van der Waals surface area contributed by atoms with Gasteiger partial charge in [0, 0.05) is 35.1 Å². The number of hydrogen-bond donors (Lipinski definition) is 1. The first-order valence-corrected chi connectivity index (χ1v) is 7.63. The Morgan fingerprint density at radius 1 is 1.32 bits per heavy atom. The lowest BCUT2D eigenvalue weighted by Crippen LogP contribution is -2.15. The maximum absolute atomic E-state index is 5.78. The fraction of sp³-hybridized carbons (Fsp3) is 0.400. The van der Waals surface area contributed by atoms with E-state index < -0.39 is 0 Å². The smallest absolute Gasteiger partial charge is 0.109 e. The number of hydrogen-bond acceptors (Lipinski definition) is 2. The Morgan fingerprint density at radius 2 is 2.21 bits per heavy atom. The fourth-order valence-corrected chi connectivity index (χ4v) is 3.20. The van der Waals surface area contributed by atoms with Crippen LogP contribution in [0.5, 0.6) is 0 Å². The average molecular weight is 320 g/mol. The average Bonchev–Trinajstić information content (AvgIpc) is 2.79. The third-order valence-electron chi connectivity index (χ3n) is 3.66. The molecule has 0 radical (unpaired) electrons. The summed E-state index contributed by atoms with van der Waals surface area (Å²) in [6.45, 7) is 1.76. The minimum Gasteiger partial charge on any atom is -0.331 e. The zero-order valence-corrected chi connectivity index (χ0v) is 12.5. The van der Waals surface area contributed by atoms with Crippen molar-refractivity contribution in [1.29, 1.82) is 0 Å². The summed E-state index contributed by atoms with van der Waals surface area (Å²) >= 11 is 3.54. The second kappa shape index (κ2) is 5.47. The second-order valence-electron chi connectivity index (χ2n) is 4.98. The maximum atomic E-state index is 5.78. The van der Waals surface area contributed by atoms with Crippen LogP contribution >= 0.6 is 15.9 Å². The van der Waals surface area contributed by atoms with Gasteiger partial charge in [-0.1, -0.05) is 28.1 Å². The molecule has 3 nitrogen and oxygen atoms in total. The van der Waals surface area contributed by atoms with Crippen molar-refractivity contribution >= 4 is 15.9 Å². The topological polar surface area (TPSA) is 43.8 Å². The highest BCUT2D eigenvalue weighted by Crippen LogP contribution is 2.29. The van der Waals surface area contributed by atoms with Crippen LogP contribution < -0.4 is 5.73 Å². The molecule has 0 bridgehead atoms. The molecule has 1 aliphatic rings. The number of rotatable bonds is 3. The molecular formula is C15H18BrN3. The van der Waals surface area contributed by atoms with Crippen LogP contribution in [0.2, 0.25) is 0 Å². The molecule has 1 aromatic carbocycles. The number of aryl methyl sites for hydroxylation is 1. The number of benzene rings is 1. The van der Waals surface area contributed by atoms with Crippen LogP contribution in [0.3, 0.4) is 0 Å². The number of imidazole rings is 1. The first-order valence-electron chi connectivity index (χ1n) is 6.84. The lowest BCUT2D eigenvalue weighted by Gasteiger charge is -2.16. The summed E-state index contributed by atoms with van der Waals surface area (Å²) in [6, 6.07) is 8.36. The van der Waals surface area contributed by atoms with E-state index in [4.69, 9.17) is 10.7 Å². The van der Waals surface area contributed by atoms with E-state index in [9.17, 15) is 0 Å².